The lowest BCUT2D eigenvalue weighted by molar-refractivity contribution is 0.229. The molecular formula is C32H32NO4P. The maximum Gasteiger partial charge on any atom is 0.378 e. The molecule has 0 aliphatic carbocycles. The first-order valence-electron chi connectivity index (χ1n) is 12.9. The largest absolute Gasteiger partial charge is 0.497 e. The Morgan fingerprint density at radius 2 is 1.18 bits per heavy atom. The Labute approximate surface area is 224 Å². The van der Waals surface area contributed by atoms with Crippen molar-refractivity contribution < 1.29 is 18.3 Å². The number of nitrogens with zero attached hydrogens (tertiary/aromatic N) is 1. The van der Waals surface area contributed by atoms with Gasteiger partial charge in [-0.1, -0.05) is 84.9 Å². The third-order valence-electron chi connectivity index (χ3n) is 6.62. The predicted molar refractivity (Wildman–Crippen MR) is 154 cm³/mol. The summed E-state index contributed by atoms with van der Waals surface area (Å²) in [7, 11) is -2.06. The van der Waals surface area contributed by atoms with Crippen LogP contribution in [0.15, 0.2) is 109 Å². The summed E-state index contributed by atoms with van der Waals surface area (Å²) >= 11 is 0. The zero-order valence-corrected chi connectivity index (χ0v) is 22.8. The van der Waals surface area contributed by atoms with Gasteiger partial charge in [0, 0.05) is 22.2 Å². The zero-order valence-electron chi connectivity index (χ0n) is 21.9. The number of aromatic nitrogens is 1. The minimum Gasteiger partial charge on any atom is -0.497 e. The lowest BCUT2D eigenvalue weighted by Gasteiger charge is -2.25. The standard InChI is InChI=1S/C32H32NO4P/c1-4-36-38(34,37-5-2)32-29-19-13-12-18-28(29)31(33(32)26-20-22-27(35-3)23-21-26)30(24-14-8-6-9-15-24)25-16-10-7-11-17-25/h6-23,30H,4-5H2,1-3H3. The van der Waals surface area contributed by atoms with Crippen molar-refractivity contribution in [1.82, 2.24) is 4.57 Å². The summed E-state index contributed by atoms with van der Waals surface area (Å²) < 4.78 is 34.0. The Kier molecular flexibility index (Phi) is 7.80. The van der Waals surface area contributed by atoms with Gasteiger partial charge in [-0.15, -0.1) is 0 Å². The summed E-state index contributed by atoms with van der Waals surface area (Å²) in [6.07, 6.45) is 0. The number of fused-ring (bicyclic) bond motifs is 1. The molecule has 5 nitrogen and oxygen atoms in total. The first kappa shape index (κ1) is 26.0. The number of ether oxygens (including phenoxy) is 1. The average Bonchev–Trinajstić information content (AvgIpc) is 3.30. The van der Waals surface area contributed by atoms with Gasteiger partial charge in [0.2, 0.25) is 0 Å². The average molecular weight is 526 g/mol. The predicted octanol–water partition coefficient (Wildman–Crippen LogP) is 7.71. The van der Waals surface area contributed by atoms with Crippen LogP contribution in [-0.2, 0) is 13.6 Å². The van der Waals surface area contributed by atoms with Crippen LogP contribution in [0.2, 0.25) is 0 Å². The van der Waals surface area contributed by atoms with Crippen LogP contribution in [0.4, 0.5) is 0 Å². The van der Waals surface area contributed by atoms with E-state index in [0.29, 0.717) is 5.44 Å². The van der Waals surface area contributed by atoms with Crippen molar-refractivity contribution in [3.05, 3.63) is 126 Å². The van der Waals surface area contributed by atoms with E-state index >= 15 is 0 Å². The fourth-order valence-electron chi connectivity index (χ4n) is 5.10. The number of benzene rings is 4. The van der Waals surface area contributed by atoms with Crippen LogP contribution in [0, 0.1) is 0 Å². The Balaban J connectivity index is 1.94. The van der Waals surface area contributed by atoms with Gasteiger partial charge in [0.15, 0.2) is 0 Å². The van der Waals surface area contributed by atoms with Crippen LogP contribution in [0.25, 0.3) is 16.5 Å². The number of hydrogen-bond acceptors (Lipinski definition) is 4. The molecule has 0 saturated heterocycles. The summed E-state index contributed by atoms with van der Waals surface area (Å²) in [4.78, 5) is 0. The fraction of sp³-hybridized carbons (Fsp3) is 0.188. The van der Waals surface area contributed by atoms with Gasteiger partial charge in [-0.3, -0.25) is 4.57 Å². The molecule has 5 aromatic rings. The van der Waals surface area contributed by atoms with Crippen molar-refractivity contribution in [2.24, 2.45) is 0 Å². The Hall–Kier alpha value is -3.63. The normalized spacial score (nSPS) is 11.8. The first-order chi connectivity index (χ1) is 18.6. The van der Waals surface area contributed by atoms with E-state index in [0.717, 1.165) is 39.0 Å². The molecule has 38 heavy (non-hydrogen) atoms. The quantitative estimate of drug-likeness (QED) is 0.175. The van der Waals surface area contributed by atoms with Crippen LogP contribution < -0.4 is 10.2 Å². The number of methoxy groups -OCH3 is 1. The van der Waals surface area contributed by atoms with E-state index in [9.17, 15) is 4.57 Å². The van der Waals surface area contributed by atoms with Crippen LogP contribution in [0.5, 0.6) is 5.75 Å². The molecule has 0 radical (unpaired) electrons. The molecule has 0 aliphatic heterocycles. The summed E-state index contributed by atoms with van der Waals surface area (Å²) in [6, 6.07) is 36.7. The molecule has 4 aromatic carbocycles. The van der Waals surface area contributed by atoms with Crippen LogP contribution in [0.1, 0.15) is 36.6 Å². The molecule has 0 N–H and O–H groups in total. The second kappa shape index (κ2) is 11.4. The van der Waals surface area contributed by atoms with E-state index in [1.165, 1.54) is 0 Å². The maximum absolute atomic E-state index is 14.6. The summed E-state index contributed by atoms with van der Waals surface area (Å²) in [5, 5.41) is 1.84. The fourth-order valence-corrected chi connectivity index (χ4v) is 7.06. The van der Waals surface area contributed by atoms with Crippen molar-refractivity contribution >= 4 is 23.8 Å². The molecule has 0 aliphatic rings. The lowest BCUT2D eigenvalue weighted by atomic mass is 9.87. The summed E-state index contributed by atoms with van der Waals surface area (Å²) in [5.74, 6) is 0.601. The minimum atomic E-state index is -3.71. The van der Waals surface area contributed by atoms with Crippen LogP contribution in [-0.4, -0.2) is 24.9 Å². The zero-order chi connectivity index (χ0) is 26.5. The molecule has 0 bridgehead atoms. The molecule has 0 fully saturated rings. The first-order valence-corrected chi connectivity index (χ1v) is 14.4. The lowest BCUT2D eigenvalue weighted by Crippen LogP contribution is -2.23. The van der Waals surface area contributed by atoms with Crippen molar-refractivity contribution in [3.63, 3.8) is 0 Å². The number of hydrogen-bond donors (Lipinski definition) is 0. The van der Waals surface area contributed by atoms with Crippen molar-refractivity contribution in [2.45, 2.75) is 19.8 Å². The molecule has 5 rings (SSSR count). The Bertz CT molecular complexity index is 1500. The highest BCUT2D eigenvalue weighted by molar-refractivity contribution is 7.62. The molecule has 0 atom stereocenters. The van der Waals surface area contributed by atoms with Crippen molar-refractivity contribution in [1.29, 1.82) is 0 Å². The highest BCUT2D eigenvalue weighted by atomic mass is 31.2. The molecule has 0 amide bonds. The van der Waals surface area contributed by atoms with Gasteiger partial charge in [0.05, 0.1) is 26.2 Å². The highest BCUT2D eigenvalue weighted by Gasteiger charge is 2.38. The van der Waals surface area contributed by atoms with Gasteiger partial charge >= 0.3 is 7.60 Å². The van der Waals surface area contributed by atoms with E-state index in [-0.39, 0.29) is 19.1 Å². The molecule has 1 heterocycles. The second-order valence-electron chi connectivity index (χ2n) is 8.88. The Morgan fingerprint density at radius 3 is 1.68 bits per heavy atom. The molecule has 194 valence electrons. The smallest absolute Gasteiger partial charge is 0.378 e. The van der Waals surface area contributed by atoms with Gasteiger partial charge in [0.25, 0.3) is 0 Å². The monoisotopic (exact) mass is 525 g/mol. The third-order valence-corrected chi connectivity index (χ3v) is 8.78. The maximum atomic E-state index is 14.6. The molecule has 0 spiro atoms. The van der Waals surface area contributed by atoms with E-state index in [1.807, 2.05) is 68.4 Å². The molecule has 6 heteroatoms. The number of rotatable bonds is 10. The van der Waals surface area contributed by atoms with Crippen molar-refractivity contribution in [3.8, 4) is 11.4 Å². The van der Waals surface area contributed by atoms with Crippen LogP contribution in [0.3, 0.4) is 0 Å². The Morgan fingerprint density at radius 1 is 0.684 bits per heavy atom. The highest BCUT2D eigenvalue weighted by Crippen LogP contribution is 2.51. The SMILES string of the molecule is CCOP(=O)(OCC)c1c2ccccc2c(C(c2ccccc2)c2ccccc2)n1-c1ccc(OC)cc1. The molecule has 0 unspecified atom stereocenters. The van der Waals surface area contributed by atoms with Gasteiger partial charge in [-0.05, 0) is 49.2 Å². The van der Waals surface area contributed by atoms with Gasteiger partial charge in [-0.25, -0.2) is 0 Å². The third kappa shape index (κ3) is 4.81. The van der Waals surface area contributed by atoms with E-state index in [4.69, 9.17) is 13.8 Å². The van der Waals surface area contributed by atoms with Gasteiger partial charge in [0.1, 0.15) is 11.2 Å². The summed E-state index contributed by atoms with van der Waals surface area (Å²) in [5.41, 5.74) is 4.65. The molecule has 1 aromatic heterocycles. The topological polar surface area (TPSA) is 49.7 Å². The van der Waals surface area contributed by atoms with E-state index < -0.39 is 7.60 Å². The molecule has 0 saturated carbocycles. The second-order valence-corrected chi connectivity index (χ2v) is 10.8. The van der Waals surface area contributed by atoms with Crippen molar-refractivity contribution in [2.75, 3.05) is 20.3 Å². The van der Waals surface area contributed by atoms with E-state index in [2.05, 4.69) is 59.2 Å². The van der Waals surface area contributed by atoms with Gasteiger partial charge < -0.3 is 18.4 Å². The van der Waals surface area contributed by atoms with Gasteiger partial charge in [-0.2, -0.15) is 0 Å². The summed E-state index contributed by atoms with van der Waals surface area (Å²) in [6.45, 7) is 4.20. The van der Waals surface area contributed by atoms with E-state index in [1.54, 1.807) is 7.11 Å². The molecular weight excluding hydrogens is 493 g/mol. The van der Waals surface area contributed by atoms with Crippen LogP contribution >= 0.6 is 7.60 Å². The minimum absolute atomic E-state index is 0.144.